The first kappa shape index (κ1) is 12.2. The predicted molar refractivity (Wildman–Crippen MR) is 76.2 cm³/mol. The molecule has 1 aliphatic heterocycles. The Balaban J connectivity index is 2.20. The molecule has 0 aliphatic carbocycles. The fraction of sp³-hybridized carbons (Fsp3) is 0.385. The van der Waals surface area contributed by atoms with Gasteiger partial charge in [-0.25, -0.2) is 9.98 Å². The van der Waals surface area contributed by atoms with Crippen molar-refractivity contribution in [3.05, 3.63) is 29.8 Å². The highest BCUT2D eigenvalue weighted by molar-refractivity contribution is 8.14. The van der Waals surface area contributed by atoms with E-state index in [0.29, 0.717) is 5.84 Å². The summed E-state index contributed by atoms with van der Waals surface area (Å²) in [4.78, 5) is 8.79. The van der Waals surface area contributed by atoms with Gasteiger partial charge in [-0.2, -0.15) is 0 Å². The van der Waals surface area contributed by atoms with Crippen LogP contribution in [0.5, 0.6) is 0 Å². The van der Waals surface area contributed by atoms with E-state index >= 15 is 0 Å². The molecule has 0 spiro atoms. The van der Waals surface area contributed by atoms with Gasteiger partial charge in [0.15, 0.2) is 5.17 Å². The molecule has 2 N–H and O–H groups in total. The summed E-state index contributed by atoms with van der Waals surface area (Å²) >= 11 is 1.60. The second-order valence-corrected chi connectivity index (χ2v) is 4.96. The van der Waals surface area contributed by atoms with Crippen molar-refractivity contribution >= 4 is 28.5 Å². The Labute approximate surface area is 106 Å². The van der Waals surface area contributed by atoms with E-state index < -0.39 is 0 Å². The average molecular weight is 247 g/mol. The van der Waals surface area contributed by atoms with E-state index in [9.17, 15) is 0 Å². The quantitative estimate of drug-likeness (QED) is 0.888. The summed E-state index contributed by atoms with van der Waals surface area (Å²) in [7, 11) is 0. The van der Waals surface area contributed by atoms with Crippen molar-refractivity contribution in [1.82, 2.24) is 0 Å². The van der Waals surface area contributed by atoms with Gasteiger partial charge >= 0.3 is 0 Å². The molecule has 3 nitrogen and oxygen atoms in total. The third-order valence-corrected chi connectivity index (χ3v) is 3.48. The molecule has 0 aromatic heterocycles. The van der Waals surface area contributed by atoms with E-state index in [2.05, 4.69) is 29.0 Å². The van der Waals surface area contributed by atoms with Crippen molar-refractivity contribution in [2.24, 2.45) is 15.7 Å². The van der Waals surface area contributed by atoms with E-state index in [1.807, 2.05) is 12.1 Å². The Kier molecular flexibility index (Phi) is 4.20. The second-order valence-electron chi connectivity index (χ2n) is 4.02. The van der Waals surface area contributed by atoms with Gasteiger partial charge in [-0.15, -0.1) is 0 Å². The third-order valence-electron chi connectivity index (χ3n) is 2.60. The van der Waals surface area contributed by atoms with Crippen molar-refractivity contribution in [3.8, 4) is 0 Å². The smallest absolute Gasteiger partial charge is 0.190 e. The van der Waals surface area contributed by atoms with Gasteiger partial charge in [0, 0.05) is 0 Å². The number of benzene rings is 1. The average Bonchev–Trinajstić information content (AvgIpc) is 2.74. The van der Waals surface area contributed by atoms with Crippen molar-refractivity contribution in [2.75, 3.05) is 5.75 Å². The van der Waals surface area contributed by atoms with Crippen LogP contribution in [0.4, 0.5) is 5.69 Å². The number of amidine groups is 2. The molecule has 17 heavy (non-hydrogen) atoms. The number of aryl methyl sites for hydroxylation is 1. The van der Waals surface area contributed by atoms with E-state index in [0.717, 1.165) is 23.0 Å². The molecule has 0 radical (unpaired) electrons. The molecular weight excluding hydrogens is 230 g/mol. The van der Waals surface area contributed by atoms with Gasteiger partial charge in [0.25, 0.3) is 0 Å². The zero-order chi connectivity index (χ0) is 12.1. The number of thioether (sulfide) groups is 1. The summed E-state index contributed by atoms with van der Waals surface area (Å²) < 4.78 is 0. The van der Waals surface area contributed by atoms with Gasteiger partial charge in [-0.1, -0.05) is 43.3 Å². The molecule has 1 aromatic carbocycles. The van der Waals surface area contributed by atoms with Crippen LogP contribution in [0.3, 0.4) is 0 Å². The van der Waals surface area contributed by atoms with Crippen LogP contribution in [0.25, 0.3) is 0 Å². The zero-order valence-electron chi connectivity index (χ0n) is 10.0. The highest BCUT2D eigenvalue weighted by Gasteiger charge is 2.10. The van der Waals surface area contributed by atoms with Crippen LogP contribution < -0.4 is 5.73 Å². The first-order valence-corrected chi connectivity index (χ1v) is 6.90. The van der Waals surface area contributed by atoms with E-state index in [1.165, 1.54) is 18.4 Å². The van der Waals surface area contributed by atoms with Crippen LogP contribution in [0, 0.1) is 0 Å². The summed E-state index contributed by atoms with van der Waals surface area (Å²) in [5, 5.41) is 0.784. The Morgan fingerprint density at radius 1 is 1.41 bits per heavy atom. The van der Waals surface area contributed by atoms with Crippen LogP contribution in [0.2, 0.25) is 0 Å². The van der Waals surface area contributed by atoms with Crippen LogP contribution in [0.15, 0.2) is 34.3 Å². The minimum Gasteiger partial charge on any atom is -0.386 e. The molecular formula is C13H17N3S. The highest BCUT2D eigenvalue weighted by atomic mass is 32.2. The van der Waals surface area contributed by atoms with E-state index in [-0.39, 0.29) is 0 Å². The summed E-state index contributed by atoms with van der Waals surface area (Å²) in [5.74, 6) is 1.43. The van der Waals surface area contributed by atoms with E-state index in [4.69, 9.17) is 5.73 Å². The Morgan fingerprint density at radius 2 is 2.24 bits per heavy atom. The summed E-state index contributed by atoms with van der Waals surface area (Å²) in [5.41, 5.74) is 7.97. The van der Waals surface area contributed by atoms with Gasteiger partial charge in [-0.3, -0.25) is 0 Å². The van der Waals surface area contributed by atoms with Crippen molar-refractivity contribution in [1.29, 1.82) is 0 Å². The van der Waals surface area contributed by atoms with Gasteiger partial charge in [0.1, 0.15) is 5.84 Å². The fourth-order valence-electron chi connectivity index (χ4n) is 1.68. The van der Waals surface area contributed by atoms with Crippen LogP contribution in [-0.2, 0) is 6.42 Å². The third kappa shape index (κ3) is 3.33. The lowest BCUT2D eigenvalue weighted by molar-refractivity contribution is 0.795. The van der Waals surface area contributed by atoms with Crippen LogP contribution >= 0.6 is 11.8 Å². The predicted octanol–water partition coefficient (Wildman–Crippen LogP) is 3.12. The molecule has 0 bridgehead atoms. The van der Waals surface area contributed by atoms with E-state index in [1.54, 1.807) is 11.8 Å². The first-order valence-electron chi connectivity index (χ1n) is 5.92. The molecule has 0 atom stereocenters. The number of rotatable bonds is 4. The minimum absolute atomic E-state index is 0.666. The highest BCUT2D eigenvalue weighted by Crippen LogP contribution is 2.24. The van der Waals surface area contributed by atoms with Crippen molar-refractivity contribution in [2.45, 2.75) is 26.2 Å². The molecule has 1 aliphatic rings. The largest absolute Gasteiger partial charge is 0.386 e. The summed E-state index contributed by atoms with van der Waals surface area (Å²) in [6.07, 6.45) is 3.47. The summed E-state index contributed by atoms with van der Waals surface area (Å²) in [6, 6.07) is 8.26. The first-order chi connectivity index (χ1) is 8.29. The zero-order valence-corrected chi connectivity index (χ0v) is 10.8. The number of para-hydroxylation sites is 1. The number of nitrogens with two attached hydrogens (primary N) is 1. The maximum atomic E-state index is 5.65. The number of unbranched alkanes of at least 4 members (excludes halogenated alkanes) is 1. The molecule has 4 heteroatoms. The second kappa shape index (κ2) is 5.87. The number of hydrogen-bond donors (Lipinski definition) is 1. The Morgan fingerprint density at radius 3 is 2.94 bits per heavy atom. The SMILES string of the molecule is CCCCc1ccccc1N=C1N=C(N)CS1. The lowest BCUT2D eigenvalue weighted by Gasteiger charge is -2.04. The lowest BCUT2D eigenvalue weighted by atomic mass is 10.1. The number of hydrogen-bond acceptors (Lipinski definition) is 3. The lowest BCUT2D eigenvalue weighted by Crippen LogP contribution is -2.09. The molecule has 0 fully saturated rings. The Hall–Kier alpha value is -1.29. The maximum absolute atomic E-state index is 5.65. The van der Waals surface area contributed by atoms with Gasteiger partial charge in [0.05, 0.1) is 11.4 Å². The van der Waals surface area contributed by atoms with Crippen LogP contribution in [0.1, 0.15) is 25.3 Å². The van der Waals surface area contributed by atoms with Crippen molar-refractivity contribution < 1.29 is 0 Å². The molecule has 0 unspecified atom stereocenters. The normalized spacial score (nSPS) is 17.5. The number of aliphatic imine (C=N–C) groups is 2. The topological polar surface area (TPSA) is 50.7 Å². The monoisotopic (exact) mass is 247 g/mol. The molecule has 2 rings (SSSR count). The minimum atomic E-state index is 0.666. The molecule has 0 saturated carbocycles. The van der Waals surface area contributed by atoms with Crippen LogP contribution in [-0.4, -0.2) is 16.8 Å². The standard InChI is InChI=1S/C13H17N3S/c1-2-3-6-10-7-4-5-8-11(10)15-13-16-12(14)9-17-13/h4-5,7-8H,2-3,6,9H2,1H3,(H2,14,15,16). The van der Waals surface area contributed by atoms with Gasteiger partial charge in [-0.05, 0) is 24.5 Å². The van der Waals surface area contributed by atoms with Crippen molar-refractivity contribution in [3.63, 3.8) is 0 Å². The molecule has 0 amide bonds. The molecule has 90 valence electrons. The van der Waals surface area contributed by atoms with Gasteiger partial charge < -0.3 is 5.73 Å². The maximum Gasteiger partial charge on any atom is 0.190 e. The summed E-state index contributed by atoms with van der Waals surface area (Å²) in [6.45, 7) is 2.20. The molecule has 1 heterocycles. The molecule has 0 saturated heterocycles. The van der Waals surface area contributed by atoms with Gasteiger partial charge in [0.2, 0.25) is 0 Å². The Bertz CT molecular complexity index is 452. The number of nitrogens with zero attached hydrogens (tertiary/aromatic N) is 2. The fourth-order valence-corrected chi connectivity index (χ4v) is 2.37. The molecule has 1 aromatic rings.